The van der Waals surface area contributed by atoms with Crippen molar-refractivity contribution < 1.29 is 14.3 Å². The molecular weight excluding hydrogens is 278 g/mol. The molecule has 0 aliphatic carbocycles. The number of hydrogen-bond donors (Lipinski definition) is 0. The second-order valence-electron chi connectivity index (χ2n) is 6.16. The van der Waals surface area contributed by atoms with Crippen LogP contribution in [0.25, 0.3) is 0 Å². The van der Waals surface area contributed by atoms with E-state index in [2.05, 4.69) is 24.3 Å². The van der Waals surface area contributed by atoms with E-state index in [0.29, 0.717) is 0 Å². The Bertz CT molecular complexity index is 470. The molecule has 0 saturated carbocycles. The molecule has 0 radical (unpaired) electrons. The van der Waals surface area contributed by atoms with Crippen molar-refractivity contribution in [3.63, 3.8) is 0 Å². The van der Waals surface area contributed by atoms with Gasteiger partial charge in [-0.1, -0.05) is 30.3 Å². The molecule has 2 aliphatic heterocycles. The molecule has 0 aromatic heterocycles. The van der Waals surface area contributed by atoms with Crippen LogP contribution in [-0.4, -0.2) is 49.3 Å². The van der Waals surface area contributed by atoms with Gasteiger partial charge < -0.3 is 14.4 Å². The minimum absolute atomic E-state index is 0.160. The monoisotopic (exact) mass is 303 g/mol. The maximum absolute atomic E-state index is 12.3. The van der Waals surface area contributed by atoms with E-state index in [1.165, 1.54) is 5.56 Å². The van der Waals surface area contributed by atoms with Crippen molar-refractivity contribution in [3.05, 3.63) is 35.9 Å². The summed E-state index contributed by atoms with van der Waals surface area (Å²) in [6, 6.07) is 10.5. The highest BCUT2D eigenvalue weighted by Gasteiger charge is 2.33. The van der Waals surface area contributed by atoms with Gasteiger partial charge in [0.05, 0.1) is 6.10 Å². The van der Waals surface area contributed by atoms with Crippen molar-refractivity contribution in [2.45, 2.75) is 44.3 Å². The van der Waals surface area contributed by atoms with Crippen LogP contribution in [0, 0.1) is 0 Å². The fourth-order valence-corrected chi connectivity index (χ4v) is 3.21. The molecule has 3 rings (SSSR count). The number of benzene rings is 1. The van der Waals surface area contributed by atoms with Crippen LogP contribution in [0.3, 0.4) is 0 Å². The van der Waals surface area contributed by atoms with Gasteiger partial charge in [0.2, 0.25) is 0 Å². The molecule has 2 aliphatic rings. The summed E-state index contributed by atoms with van der Waals surface area (Å²) in [6.45, 7) is 3.03. The summed E-state index contributed by atoms with van der Waals surface area (Å²) in [5, 5.41) is 0. The Morgan fingerprint density at radius 2 is 2.14 bits per heavy atom. The normalized spacial score (nSPS) is 24.8. The molecule has 0 unspecified atom stereocenters. The fraction of sp³-hybridized carbons (Fsp3) is 0.611. The Kier molecular flexibility index (Phi) is 5.46. The summed E-state index contributed by atoms with van der Waals surface area (Å²) in [4.78, 5) is 14.2. The Morgan fingerprint density at radius 1 is 1.27 bits per heavy atom. The van der Waals surface area contributed by atoms with Gasteiger partial charge in [0.25, 0.3) is 5.91 Å². The largest absolute Gasteiger partial charge is 0.376 e. The summed E-state index contributed by atoms with van der Waals surface area (Å²) < 4.78 is 11.4. The number of aryl methyl sites for hydroxylation is 1. The molecule has 4 heteroatoms. The highest BCUT2D eigenvalue weighted by molar-refractivity contribution is 5.81. The number of hydrogen-bond acceptors (Lipinski definition) is 3. The molecule has 120 valence electrons. The topological polar surface area (TPSA) is 38.8 Å². The standard InChI is InChI=1S/C18H25NO3/c20-18(17-9-5-13-22-17)19-11-10-16(14-19)21-12-4-8-15-6-2-1-3-7-15/h1-3,6-7,16-17H,4-5,8-14H2/t16-,17+/m1/s1. The fourth-order valence-electron chi connectivity index (χ4n) is 3.21. The van der Waals surface area contributed by atoms with Gasteiger partial charge in [-0.25, -0.2) is 0 Å². The van der Waals surface area contributed by atoms with Crippen LogP contribution in [0.1, 0.15) is 31.2 Å². The lowest BCUT2D eigenvalue weighted by Crippen LogP contribution is -2.38. The molecule has 2 saturated heterocycles. The zero-order valence-corrected chi connectivity index (χ0v) is 13.1. The van der Waals surface area contributed by atoms with E-state index in [-0.39, 0.29) is 18.1 Å². The molecule has 22 heavy (non-hydrogen) atoms. The Labute approximate surface area is 132 Å². The van der Waals surface area contributed by atoms with Gasteiger partial charge in [-0.15, -0.1) is 0 Å². The van der Waals surface area contributed by atoms with Crippen LogP contribution >= 0.6 is 0 Å². The van der Waals surface area contributed by atoms with Crippen LogP contribution in [0.15, 0.2) is 30.3 Å². The molecule has 2 fully saturated rings. The van der Waals surface area contributed by atoms with Gasteiger partial charge in [0.1, 0.15) is 6.10 Å². The lowest BCUT2D eigenvalue weighted by molar-refractivity contribution is -0.140. The molecule has 1 amide bonds. The third-order valence-corrected chi connectivity index (χ3v) is 4.47. The lowest BCUT2D eigenvalue weighted by atomic mass is 10.1. The number of carbonyl (C=O) groups excluding carboxylic acids is 1. The van der Waals surface area contributed by atoms with E-state index in [4.69, 9.17) is 9.47 Å². The Morgan fingerprint density at radius 3 is 2.91 bits per heavy atom. The minimum atomic E-state index is -0.197. The van der Waals surface area contributed by atoms with E-state index < -0.39 is 0 Å². The zero-order chi connectivity index (χ0) is 15.2. The summed E-state index contributed by atoms with van der Waals surface area (Å²) in [5.74, 6) is 0.160. The van der Waals surface area contributed by atoms with Gasteiger partial charge in [-0.2, -0.15) is 0 Å². The highest BCUT2D eigenvalue weighted by atomic mass is 16.5. The number of amides is 1. The summed E-state index contributed by atoms with van der Waals surface area (Å²) in [6.07, 6.45) is 4.90. The number of carbonyl (C=O) groups is 1. The van der Waals surface area contributed by atoms with Crippen LogP contribution < -0.4 is 0 Å². The van der Waals surface area contributed by atoms with E-state index in [1.54, 1.807) is 0 Å². The zero-order valence-electron chi connectivity index (χ0n) is 13.1. The van der Waals surface area contributed by atoms with Gasteiger partial charge in [0, 0.05) is 26.3 Å². The Hall–Kier alpha value is -1.39. The molecule has 2 heterocycles. The molecule has 1 aromatic rings. The van der Waals surface area contributed by atoms with Crippen LogP contribution in [0.4, 0.5) is 0 Å². The van der Waals surface area contributed by atoms with E-state index >= 15 is 0 Å². The van der Waals surface area contributed by atoms with Gasteiger partial charge >= 0.3 is 0 Å². The average molecular weight is 303 g/mol. The van der Waals surface area contributed by atoms with E-state index in [0.717, 1.165) is 58.4 Å². The Balaban J connectivity index is 1.33. The second-order valence-corrected chi connectivity index (χ2v) is 6.16. The first kappa shape index (κ1) is 15.5. The maximum Gasteiger partial charge on any atom is 0.251 e. The van der Waals surface area contributed by atoms with Crippen molar-refractivity contribution in [3.8, 4) is 0 Å². The first-order valence-electron chi connectivity index (χ1n) is 8.39. The SMILES string of the molecule is O=C([C@@H]1CCCO1)N1CC[C@@H](OCCCc2ccccc2)C1. The summed E-state index contributed by atoms with van der Waals surface area (Å²) in [5.41, 5.74) is 1.35. The highest BCUT2D eigenvalue weighted by Crippen LogP contribution is 2.19. The first-order valence-corrected chi connectivity index (χ1v) is 8.39. The quantitative estimate of drug-likeness (QED) is 0.758. The van der Waals surface area contributed by atoms with Gasteiger partial charge in [-0.05, 0) is 37.7 Å². The smallest absolute Gasteiger partial charge is 0.251 e. The number of likely N-dealkylation sites (tertiary alicyclic amines) is 1. The maximum atomic E-state index is 12.3. The van der Waals surface area contributed by atoms with E-state index in [9.17, 15) is 4.79 Å². The predicted molar refractivity (Wildman–Crippen MR) is 84.7 cm³/mol. The number of nitrogens with zero attached hydrogens (tertiary/aromatic N) is 1. The van der Waals surface area contributed by atoms with Crippen molar-refractivity contribution in [1.29, 1.82) is 0 Å². The first-order chi connectivity index (χ1) is 10.8. The average Bonchev–Trinajstić information content (AvgIpc) is 3.24. The molecule has 4 nitrogen and oxygen atoms in total. The third-order valence-electron chi connectivity index (χ3n) is 4.47. The van der Waals surface area contributed by atoms with Crippen molar-refractivity contribution in [2.75, 3.05) is 26.3 Å². The summed E-state index contributed by atoms with van der Waals surface area (Å²) in [7, 11) is 0. The molecule has 0 N–H and O–H groups in total. The molecule has 2 atom stereocenters. The molecular formula is C18H25NO3. The van der Waals surface area contributed by atoms with Crippen LogP contribution in [0.2, 0.25) is 0 Å². The minimum Gasteiger partial charge on any atom is -0.376 e. The number of rotatable bonds is 6. The molecule has 0 bridgehead atoms. The van der Waals surface area contributed by atoms with Crippen LogP contribution in [0.5, 0.6) is 0 Å². The molecule has 0 spiro atoms. The van der Waals surface area contributed by atoms with Gasteiger partial charge in [0.15, 0.2) is 0 Å². The lowest BCUT2D eigenvalue weighted by Gasteiger charge is -2.20. The van der Waals surface area contributed by atoms with E-state index in [1.807, 2.05) is 11.0 Å². The molecule has 1 aromatic carbocycles. The third kappa shape index (κ3) is 4.08. The number of ether oxygens (including phenoxy) is 2. The van der Waals surface area contributed by atoms with Gasteiger partial charge in [-0.3, -0.25) is 4.79 Å². The van der Waals surface area contributed by atoms with Crippen molar-refractivity contribution >= 4 is 5.91 Å². The second kappa shape index (κ2) is 7.75. The predicted octanol–water partition coefficient (Wildman–Crippen LogP) is 2.42. The summed E-state index contributed by atoms with van der Waals surface area (Å²) >= 11 is 0. The van der Waals surface area contributed by atoms with Crippen LogP contribution in [-0.2, 0) is 20.7 Å². The van der Waals surface area contributed by atoms with Crippen molar-refractivity contribution in [2.24, 2.45) is 0 Å². The van der Waals surface area contributed by atoms with Crippen molar-refractivity contribution in [1.82, 2.24) is 4.90 Å².